The van der Waals surface area contributed by atoms with Crippen LogP contribution in [0.25, 0.3) is 0 Å². The summed E-state index contributed by atoms with van der Waals surface area (Å²) >= 11 is 0. The molecule has 3 rings (SSSR count). The number of fused-ring (bicyclic) bond motifs is 1. The largest absolute Gasteiger partial charge is 0.379 e. The molecule has 1 N–H and O–H groups in total. The predicted octanol–water partition coefficient (Wildman–Crippen LogP) is 2.07. The zero-order chi connectivity index (χ0) is 22.6. The lowest BCUT2D eigenvalue weighted by molar-refractivity contribution is -0.125. The topological polar surface area (TPSA) is 96.0 Å². The van der Waals surface area contributed by atoms with Crippen molar-refractivity contribution in [2.24, 2.45) is 0 Å². The molecule has 2 aliphatic heterocycles. The van der Waals surface area contributed by atoms with Crippen molar-refractivity contribution in [3.8, 4) is 0 Å². The van der Waals surface area contributed by atoms with Crippen LogP contribution in [0.3, 0.4) is 0 Å². The summed E-state index contributed by atoms with van der Waals surface area (Å²) in [4.78, 5) is 26.8. The number of nitrogens with one attached hydrogen (secondary N) is 1. The Bertz CT molecular complexity index is 910. The summed E-state index contributed by atoms with van der Waals surface area (Å²) in [6.45, 7) is 7.41. The van der Waals surface area contributed by atoms with Crippen LogP contribution < -0.4 is 10.2 Å². The quantitative estimate of drug-likeness (QED) is 0.611. The highest BCUT2D eigenvalue weighted by Crippen LogP contribution is 2.35. The maximum absolute atomic E-state index is 13.0. The van der Waals surface area contributed by atoms with Gasteiger partial charge in [0, 0.05) is 45.3 Å². The molecular weight excluding hydrogens is 418 g/mol. The molecule has 9 heteroatoms. The molecule has 0 aromatic heterocycles. The molecule has 1 saturated heterocycles. The monoisotopic (exact) mass is 451 g/mol. The fourth-order valence-corrected chi connectivity index (χ4v) is 5.73. The van der Waals surface area contributed by atoms with Crippen LogP contribution in [0.4, 0.5) is 5.69 Å². The molecule has 8 nitrogen and oxygen atoms in total. The fourth-order valence-electron chi connectivity index (χ4n) is 4.16. The molecule has 2 heterocycles. The van der Waals surface area contributed by atoms with E-state index in [1.54, 1.807) is 18.2 Å². The van der Waals surface area contributed by atoms with E-state index in [1.165, 1.54) is 16.1 Å². The summed E-state index contributed by atoms with van der Waals surface area (Å²) < 4.78 is 33.1. The van der Waals surface area contributed by atoms with Crippen molar-refractivity contribution in [2.75, 3.05) is 31.1 Å². The average Bonchev–Trinajstić information content (AvgIpc) is 3.13. The summed E-state index contributed by atoms with van der Waals surface area (Å²) in [6, 6.07) is 4.14. The van der Waals surface area contributed by atoms with E-state index in [-0.39, 0.29) is 22.8 Å². The number of amides is 2. The molecule has 172 valence electrons. The first-order valence-electron chi connectivity index (χ1n) is 11.0. The van der Waals surface area contributed by atoms with Crippen LogP contribution in [-0.2, 0) is 30.8 Å². The van der Waals surface area contributed by atoms with Crippen molar-refractivity contribution >= 4 is 27.5 Å². The van der Waals surface area contributed by atoms with E-state index in [2.05, 4.69) is 5.32 Å². The van der Waals surface area contributed by atoms with Gasteiger partial charge in [0.2, 0.25) is 21.8 Å². The highest BCUT2D eigenvalue weighted by atomic mass is 32.2. The van der Waals surface area contributed by atoms with Gasteiger partial charge in [0.05, 0.1) is 11.0 Å². The molecule has 0 bridgehead atoms. The van der Waals surface area contributed by atoms with E-state index in [0.717, 1.165) is 19.3 Å². The molecule has 0 aliphatic carbocycles. The Morgan fingerprint density at radius 1 is 1.19 bits per heavy atom. The van der Waals surface area contributed by atoms with E-state index >= 15 is 0 Å². The zero-order valence-corrected chi connectivity index (χ0v) is 19.4. The Kier molecular flexibility index (Phi) is 7.72. The first-order chi connectivity index (χ1) is 14.7. The van der Waals surface area contributed by atoms with Crippen molar-refractivity contribution in [3.05, 3.63) is 23.8 Å². The van der Waals surface area contributed by atoms with Crippen molar-refractivity contribution in [2.45, 2.75) is 69.9 Å². The first-order valence-corrected chi connectivity index (χ1v) is 12.5. The van der Waals surface area contributed by atoms with Gasteiger partial charge < -0.3 is 10.1 Å². The Labute approximate surface area is 185 Å². The smallest absolute Gasteiger partial charge is 0.243 e. The summed E-state index contributed by atoms with van der Waals surface area (Å²) in [6.07, 6.45) is 3.90. The molecule has 31 heavy (non-hydrogen) atoms. The SMILES string of the molecule is CC(=O)N1c2ccc(S(=O)(=O)N3CCCCC3)cc2C[C@@H]1C(=O)NCCCOC(C)C. The fraction of sp³-hybridized carbons (Fsp3) is 0.636. The lowest BCUT2D eigenvalue weighted by Gasteiger charge is -2.26. The van der Waals surface area contributed by atoms with E-state index in [1.807, 2.05) is 13.8 Å². The van der Waals surface area contributed by atoms with Gasteiger partial charge in [0.25, 0.3) is 0 Å². The lowest BCUT2D eigenvalue weighted by Crippen LogP contribution is -2.47. The number of carbonyl (C=O) groups is 2. The third-order valence-electron chi connectivity index (χ3n) is 5.70. The molecule has 1 fully saturated rings. The molecule has 0 radical (unpaired) electrons. The molecule has 2 aliphatic rings. The van der Waals surface area contributed by atoms with Gasteiger partial charge in [-0.1, -0.05) is 6.42 Å². The van der Waals surface area contributed by atoms with E-state index < -0.39 is 16.1 Å². The first kappa shape index (κ1) is 23.7. The number of anilines is 1. The second-order valence-corrected chi connectivity index (χ2v) is 10.4. The van der Waals surface area contributed by atoms with Gasteiger partial charge in [-0.05, 0) is 56.9 Å². The van der Waals surface area contributed by atoms with Gasteiger partial charge in [-0.15, -0.1) is 0 Å². The zero-order valence-electron chi connectivity index (χ0n) is 18.6. The molecule has 1 atom stereocenters. The van der Waals surface area contributed by atoms with E-state index in [9.17, 15) is 18.0 Å². The molecule has 2 amide bonds. The van der Waals surface area contributed by atoms with Crippen LogP contribution in [0, 0.1) is 0 Å². The summed E-state index contributed by atoms with van der Waals surface area (Å²) in [5.41, 5.74) is 1.31. The second-order valence-electron chi connectivity index (χ2n) is 8.43. The van der Waals surface area contributed by atoms with Gasteiger partial charge in [0.1, 0.15) is 6.04 Å². The minimum atomic E-state index is -3.57. The Morgan fingerprint density at radius 2 is 1.90 bits per heavy atom. The number of carbonyl (C=O) groups excluding carboxylic acids is 2. The van der Waals surface area contributed by atoms with Crippen LogP contribution in [0.15, 0.2) is 23.1 Å². The summed E-state index contributed by atoms with van der Waals surface area (Å²) in [5.74, 6) is -0.481. The maximum atomic E-state index is 13.0. The Balaban J connectivity index is 1.72. The van der Waals surface area contributed by atoms with E-state index in [4.69, 9.17) is 4.74 Å². The average molecular weight is 452 g/mol. The molecule has 0 saturated carbocycles. The maximum Gasteiger partial charge on any atom is 0.243 e. The van der Waals surface area contributed by atoms with Gasteiger partial charge in [0.15, 0.2) is 0 Å². The molecule has 1 aromatic rings. The number of hydrogen-bond donors (Lipinski definition) is 1. The number of ether oxygens (including phenoxy) is 1. The highest BCUT2D eigenvalue weighted by molar-refractivity contribution is 7.89. The van der Waals surface area contributed by atoms with Crippen molar-refractivity contribution in [3.63, 3.8) is 0 Å². The molecule has 0 unspecified atom stereocenters. The van der Waals surface area contributed by atoms with Crippen LogP contribution in [0.2, 0.25) is 0 Å². The van der Waals surface area contributed by atoms with Gasteiger partial charge in [-0.3, -0.25) is 14.5 Å². The van der Waals surface area contributed by atoms with Crippen LogP contribution in [0.1, 0.15) is 52.0 Å². The standard InChI is InChI=1S/C22H33N3O5S/c1-16(2)30-13-7-10-23-22(27)21-15-18-14-19(8-9-20(18)25(21)17(3)26)31(28,29)24-11-5-4-6-12-24/h8-9,14,16,21H,4-7,10-13,15H2,1-3H3,(H,23,27)/t21-/m1/s1. The van der Waals surface area contributed by atoms with Crippen LogP contribution in [0.5, 0.6) is 0 Å². The van der Waals surface area contributed by atoms with E-state index in [0.29, 0.717) is 50.3 Å². The number of piperidine rings is 1. The number of hydrogen-bond acceptors (Lipinski definition) is 5. The normalized spacial score (nSPS) is 19.5. The predicted molar refractivity (Wildman–Crippen MR) is 118 cm³/mol. The minimum Gasteiger partial charge on any atom is -0.379 e. The van der Waals surface area contributed by atoms with Gasteiger partial charge >= 0.3 is 0 Å². The van der Waals surface area contributed by atoms with Gasteiger partial charge in [-0.25, -0.2) is 8.42 Å². The Morgan fingerprint density at radius 3 is 2.55 bits per heavy atom. The van der Waals surface area contributed by atoms with Crippen molar-refractivity contribution in [1.29, 1.82) is 0 Å². The number of rotatable bonds is 8. The Hall–Kier alpha value is -1.97. The second kappa shape index (κ2) is 10.1. The van der Waals surface area contributed by atoms with Crippen molar-refractivity contribution in [1.82, 2.24) is 9.62 Å². The minimum absolute atomic E-state index is 0.142. The number of nitrogens with zero attached hydrogens (tertiary/aromatic N) is 2. The third-order valence-corrected chi connectivity index (χ3v) is 7.60. The van der Waals surface area contributed by atoms with Crippen LogP contribution in [-0.4, -0.2) is 62.9 Å². The summed E-state index contributed by atoms with van der Waals surface area (Å²) in [7, 11) is -3.57. The van der Waals surface area contributed by atoms with Crippen molar-refractivity contribution < 1.29 is 22.7 Å². The van der Waals surface area contributed by atoms with Crippen LogP contribution >= 0.6 is 0 Å². The molecular formula is C22H33N3O5S. The molecule has 0 spiro atoms. The summed E-state index contributed by atoms with van der Waals surface area (Å²) in [5, 5.41) is 2.88. The number of sulfonamides is 1. The number of benzene rings is 1. The third kappa shape index (κ3) is 5.45. The lowest BCUT2D eigenvalue weighted by atomic mass is 10.1. The van der Waals surface area contributed by atoms with Gasteiger partial charge in [-0.2, -0.15) is 4.31 Å². The molecule has 1 aromatic carbocycles. The highest BCUT2D eigenvalue weighted by Gasteiger charge is 2.38.